The minimum Gasteiger partial charge on any atom is -0.289 e. The molecular formula is C25H18OS. The van der Waals surface area contributed by atoms with Crippen molar-refractivity contribution in [3.8, 4) is 11.1 Å². The van der Waals surface area contributed by atoms with Gasteiger partial charge in [-0.1, -0.05) is 72.8 Å². The number of hydrogen-bond donors (Lipinski definition) is 0. The van der Waals surface area contributed by atoms with Gasteiger partial charge < -0.3 is 0 Å². The van der Waals surface area contributed by atoms with Gasteiger partial charge in [0.2, 0.25) is 0 Å². The topological polar surface area (TPSA) is 17.1 Å². The Bertz CT molecular complexity index is 1200. The predicted octanol–water partition coefficient (Wildman–Crippen LogP) is 6.28. The Kier molecular flexibility index (Phi) is 3.99. The Hall–Kier alpha value is -2.97. The lowest BCUT2D eigenvalue weighted by atomic mass is 9.87. The summed E-state index contributed by atoms with van der Waals surface area (Å²) < 4.78 is 1.06. The summed E-state index contributed by atoms with van der Waals surface area (Å²) in [5.74, 6) is 0.272. The molecule has 1 heterocycles. The van der Waals surface area contributed by atoms with Crippen molar-refractivity contribution in [2.45, 2.75) is 12.3 Å². The third-order valence-corrected chi connectivity index (χ3v) is 6.43. The SMILES string of the molecule is O=c1c2c(sc3ccc(-c4ccccc4)cc13)C=CC(c1ccccc1)C2. The lowest BCUT2D eigenvalue weighted by Gasteiger charge is -2.19. The fraction of sp³-hybridized carbons (Fsp3) is 0.0800. The van der Waals surface area contributed by atoms with Gasteiger partial charge in [-0.3, -0.25) is 4.79 Å². The first-order valence-electron chi connectivity index (χ1n) is 9.18. The maximum absolute atomic E-state index is 13.3. The average molecular weight is 366 g/mol. The first kappa shape index (κ1) is 16.2. The number of rotatable bonds is 2. The molecule has 0 amide bonds. The molecule has 27 heavy (non-hydrogen) atoms. The number of fused-ring (bicyclic) bond motifs is 2. The lowest BCUT2D eigenvalue weighted by Crippen LogP contribution is -2.16. The highest BCUT2D eigenvalue weighted by Crippen LogP contribution is 2.34. The molecule has 1 nitrogen and oxygen atoms in total. The van der Waals surface area contributed by atoms with E-state index in [1.807, 2.05) is 24.3 Å². The summed E-state index contributed by atoms with van der Waals surface area (Å²) in [6, 6.07) is 26.9. The average Bonchev–Trinajstić information content (AvgIpc) is 2.75. The molecule has 0 saturated carbocycles. The summed E-state index contributed by atoms with van der Waals surface area (Å²) >= 11 is 1.72. The van der Waals surface area contributed by atoms with Gasteiger partial charge in [0.1, 0.15) is 0 Å². The summed E-state index contributed by atoms with van der Waals surface area (Å²) in [4.78, 5) is 14.4. The second kappa shape index (κ2) is 6.64. The molecule has 0 radical (unpaired) electrons. The molecule has 130 valence electrons. The molecule has 3 aromatic carbocycles. The van der Waals surface area contributed by atoms with Gasteiger partial charge in [-0.05, 0) is 41.3 Å². The van der Waals surface area contributed by atoms with Crippen LogP contribution in [0.3, 0.4) is 0 Å². The van der Waals surface area contributed by atoms with Crippen molar-refractivity contribution < 1.29 is 0 Å². The maximum atomic E-state index is 13.3. The van der Waals surface area contributed by atoms with E-state index in [1.54, 1.807) is 11.3 Å². The van der Waals surface area contributed by atoms with E-state index < -0.39 is 0 Å². The first-order chi connectivity index (χ1) is 13.3. The van der Waals surface area contributed by atoms with Gasteiger partial charge in [0.25, 0.3) is 0 Å². The van der Waals surface area contributed by atoms with Crippen LogP contribution in [0, 0.1) is 0 Å². The first-order valence-corrected chi connectivity index (χ1v) is 9.99. The highest BCUT2D eigenvalue weighted by molar-refractivity contribution is 7.19. The second-order valence-corrected chi connectivity index (χ2v) is 8.02. The second-order valence-electron chi connectivity index (χ2n) is 6.93. The van der Waals surface area contributed by atoms with Crippen molar-refractivity contribution in [2.24, 2.45) is 0 Å². The highest BCUT2D eigenvalue weighted by atomic mass is 32.1. The molecular weight excluding hydrogens is 348 g/mol. The molecule has 0 spiro atoms. The maximum Gasteiger partial charge on any atom is 0.191 e. The third kappa shape index (κ3) is 2.92. The van der Waals surface area contributed by atoms with Crippen LogP contribution in [0.1, 0.15) is 21.9 Å². The molecule has 2 heteroatoms. The van der Waals surface area contributed by atoms with E-state index in [2.05, 4.69) is 66.7 Å². The summed E-state index contributed by atoms with van der Waals surface area (Å²) in [6.07, 6.45) is 5.14. The van der Waals surface area contributed by atoms with Crippen LogP contribution < -0.4 is 5.43 Å². The molecule has 1 aliphatic carbocycles. The van der Waals surface area contributed by atoms with Gasteiger partial charge in [-0.25, -0.2) is 0 Å². The molecule has 1 aliphatic rings. The molecule has 0 saturated heterocycles. The van der Waals surface area contributed by atoms with Gasteiger partial charge in [0, 0.05) is 26.4 Å². The molecule has 1 aromatic heterocycles. The zero-order valence-electron chi connectivity index (χ0n) is 14.8. The zero-order chi connectivity index (χ0) is 18.2. The minimum atomic E-state index is 0.182. The van der Waals surface area contributed by atoms with E-state index in [0.717, 1.165) is 38.1 Å². The fourth-order valence-corrected chi connectivity index (χ4v) is 4.89. The van der Waals surface area contributed by atoms with Crippen LogP contribution in [0.2, 0.25) is 0 Å². The van der Waals surface area contributed by atoms with Crippen molar-refractivity contribution in [1.29, 1.82) is 0 Å². The lowest BCUT2D eigenvalue weighted by molar-refractivity contribution is 0.826. The Balaban J connectivity index is 1.63. The van der Waals surface area contributed by atoms with Crippen LogP contribution in [0.25, 0.3) is 27.3 Å². The van der Waals surface area contributed by atoms with Crippen LogP contribution >= 0.6 is 11.3 Å². The van der Waals surface area contributed by atoms with E-state index >= 15 is 0 Å². The molecule has 0 bridgehead atoms. The Labute approximate surface area is 162 Å². The summed E-state index contributed by atoms with van der Waals surface area (Å²) in [7, 11) is 0. The zero-order valence-corrected chi connectivity index (χ0v) is 15.6. The van der Waals surface area contributed by atoms with Crippen molar-refractivity contribution in [2.75, 3.05) is 0 Å². The summed E-state index contributed by atoms with van der Waals surface area (Å²) in [5.41, 5.74) is 4.64. The number of hydrogen-bond acceptors (Lipinski definition) is 2. The normalized spacial score (nSPS) is 15.6. The van der Waals surface area contributed by atoms with Crippen molar-refractivity contribution >= 4 is 27.5 Å². The van der Waals surface area contributed by atoms with Crippen molar-refractivity contribution in [1.82, 2.24) is 0 Å². The van der Waals surface area contributed by atoms with Gasteiger partial charge >= 0.3 is 0 Å². The van der Waals surface area contributed by atoms with Gasteiger partial charge in [0.05, 0.1) is 0 Å². The minimum absolute atomic E-state index is 0.182. The van der Waals surface area contributed by atoms with Crippen LogP contribution in [-0.2, 0) is 6.42 Å². The van der Waals surface area contributed by atoms with Gasteiger partial charge in [-0.2, -0.15) is 0 Å². The van der Waals surface area contributed by atoms with E-state index in [1.165, 1.54) is 5.56 Å². The molecule has 0 N–H and O–H groups in total. The van der Waals surface area contributed by atoms with E-state index in [4.69, 9.17) is 0 Å². The van der Waals surface area contributed by atoms with Gasteiger partial charge in [-0.15, -0.1) is 11.3 Å². The van der Waals surface area contributed by atoms with Crippen LogP contribution in [0.15, 0.2) is 89.7 Å². The molecule has 1 unspecified atom stereocenters. The highest BCUT2D eigenvalue weighted by Gasteiger charge is 2.20. The van der Waals surface area contributed by atoms with E-state index in [9.17, 15) is 4.79 Å². The summed E-state index contributed by atoms with van der Waals surface area (Å²) in [6.45, 7) is 0. The quantitative estimate of drug-likeness (QED) is 0.408. The van der Waals surface area contributed by atoms with E-state index in [0.29, 0.717) is 0 Å². The van der Waals surface area contributed by atoms with Crippen molar-refractivity contribution in [3.05, 3.63) is 111 Å². The van der Waals surface area contributed by atoms with Crippen LogP contribution in [-0.4, -0.2) is 0 Å². The molecule has 4 aromatic rings. The third-order valence-electron chi connectivity index (χ3n) is 5.25. The van der Waals surface area contributed by atoms with Crippen LogP contribution in [0.4, 0.5) is 0 Å². The predicted molar refractivity (Wildman–Crippen MR) is 115 cm³/mol. The molecule has 5 rings (SSSR count). The molecule has 0 fully saturated rings. The Morgan fingerprint density at radius 3 is 2.33 bits per heavy atom. The number of allylic oxidation sites excluding steroid dienone is 1. The molecule has 0 aliphatic heterocycles. The standard InChI is InChI=1S/C25H18OS/c26-25-21-15-19(17-7-3-1-4-8-17)11-13-23(21)27-24-14-12-20(16-22(24)25)18-9-5-2-6-10-18/h1-15,20H,16H2. The molecule has 1 atom stereocenters. The number of benzene rings is 3. The summed E-state index contributed by atoms with van der Waals surface area (Å²) in [5, 5.41) is 0.835. The van der Waals surface area contributed by atoms with E-state index in [-0.39, 0.29) is 11.3 Å². The smallest absolute Gasteiger partial charge is 0.191 e. The monoisotopic (exact) mass is 366 g/mol. The Morgan fingerprint density at radius 2 is 1.56 bits per heavy atom. The largest absolute Gasteiger partial charge is 0.289 e. The van der Waals surface area contributed by atoms with Gasteiger partial charge in [0.15, 0.2) is 5.43 Å². The van der Waals surface area contributed by atoms with Crippen molar-refractivity contribution in [3.63, 3.8) is 0 Å². The van der Waals surface area contributed by atoms with Crippen LogP contribution in [0.5, 0.6) is 0 Å². The fourth-order valence-electron chi connectivity index (χ4n) is 3.81. The Morgan fingerprint density at radius 1 is 0.815 bits per heavy atom.